The number of nitrogens with zero attached hydrogens (tertiary/aromatic N) is 5. The minimum absolute atomic E-state index is 0.00569. The van der Waals surface area contributed by atoms with Crippen LogP contribution in [0, 0.1) is 0 Å². The number of amides is 2. The van der Waals surface area contributed by atoms with Gasteiger partial charge in [0.1, 0.15) is 5.82 Å². The minimum atomic E-state index is -0.00569. The van der Waals surface area contributed by atoms with Crippen LogP contribution in [-0.4, -0.2) is 58.9 Å². The number of urea groups is 1. The van der Waals surface area contributed by atoms with Crippen LogP contribution in [0.25, 0.3) is 0 Å². The highest BCUT2D eigenvalue weighted by Gasteiger charge is 2.20. The second-order valence-electron chi connectivity index (χ2n) is 7.16. The van der Waals surface area contributed by atoms with Gasteiger partial charge in [0.25, 0.3) is 0 Å². The monoisotopic (exact) mass is 371 g/mol. The fraction of sp³-hybridized carbons (Fsp3) is 0.526. The molecule has 2 amide bonds. The Morgan fingerprint density at radius 1 is 1.26 bits per heavy atom. The molecule has 2 aromatic rings. The number of aromatic nitrogens is 3. The van der Waals surface area contributed by atoms with Gasteiger partial charge >= 0.3 is 6.03 Å². The molecule has 3 rings (SSSR count). The number of nitrogens with one attached hydrogen (secondary N) is 2. The van der Waals surface area contributed by atoms with Crippen LogP contribution >= 0.6 is 0 Å². The van der Waals surface area contributed by atoms with Crippen molar-refractivity contribution in [3.8, 4) is 0 Å². The zero-order valence-corrected chi connectivity index (χ0v) is 16.4. The number of carbonyl (C=O) groups excluding carboxylic acids is 1. The average molecular weight is 371 g/mol. The smallest absolute Gasteiger partial charge is 0.317 e. The molecule has 2 aromatic heterocycles. The molecule has 0 spiro atoms. The Bertz CT molecular complexity index is 741. The normalized spacial score (nSPS) is 17.3. The Hall–Kier alpha value is -2.77. The molecule has 2 N–H and O–H groups in total. The van der Waals surface area contributed by atoms with Crippen LogP contribution in [0.5, 0.6) is 0 Å². The van der Waals surface area contributed by atoms with Crippen LogP contribution in [0.4, 0.5) is 16.3 Å². The van der Waals surface area contributed by atoms with Gasteiger partial charge in [-0.3, -0.25) is 4.68 Å². The van der Waals surface area contributed by atoms with Crippen LogP contribution in [0.1, 0.15) is 25.0 Å². The first kappa shape index (κ1) is 19.0. The van der Waals surface area contributed by atoms with E-state index >= 15 is 0 Å². The van der Waals surface area contributed by atoms with Crippen molar-refractivity contribution in [2.75, 3.05) is 37.4 Å². The van der Waals surface area contributed by atoms with E-state index in [2.05, 4.69) is 26.8 Å². The molecule has 0 radical (unpaired) electrons. The third-order valence-corrected chi connectivity index (χ3v) is 4.94. The molecule has 0 bridgehead atoms. The first-order valence-corrected chi connectivity index (χ1v) is 9.42. The molecule has 146 valence electrons. The molecular formula is C19H29N7O. The first-order valence-electron chi connectivity index (χ1n) is 9.42. The maximum Gasteiger partial charge on any atom is 0.317 e. The van der Waals surface area contributed by atoms with Gasteiger partial charge in [-0.05, 0) is 37.5 Å². The lowest BCUT2D eigenvalue weighted by Crippen LogP contribution is -2.40. The van der Waals surface area contributed by atoms with E-state index < -0.39 is 0 Å². The summed E-state index contributed by atoms with van der Waals surface area (Å²) < 4.78 is 1.78. The maximum absolute atomic E-state index is 12.5. The molecule has 8 heteroatoms. The fourth-order valence-corrected chi connectivity index (χ4v) is 3.27. The number of pyridine rings is 1. The first-order chi connectivity index (χ1) is 13.0. The second-order valence-corrected chi connectivity index (χ2v) is 7.16. The molecule has 1 fully saturated rings. The Balaban J connectivity index is 1.48. The molecular weight excluding hydrogens is 342 g/mol. The third kappa shape index (κ3) is 5.12. The van der Waals surface area contributed by atoms with Gasteiger partial charge in [0.05, 0.1) is 24.1 Å². The molecule has 1 saturated heterocycles. The summed E-state index contributed by atoms with van der Waals surface area (Å²) in [5.74, 6) is 0.942. The van der Waals surface area contributed by atoms with Crippen LogP contribution in [0.15, 0.2) is 30.6 Å². The topological polar surface area (TPSA) is 78.3 Å². The summed E-state index contributed by atoms with van der Waals surface area (Å²) in [6.45, 7) is 2.03. The summed E-state index contributed by atoms with van der Waals surface area (Å²) >= 11 is 0. The summed E-state index contributed by atoms with van der Waals surface area (Å²) in [7, 11) is 5.84. The molecule has 27 heavy (non-hydrogen) atoms. The maximum atomic E-state index is 12.5. The Kier molecular flexibility index (Phi) is 6.16. The number of rotatable bonds is 5. The van der Waals surface area contributed by atoms with Crippen LogP contribution in [-0.2, 0) is 13.6 Å². The Morgan fingerprint density at radius 2 is 2.11 bits per heavy atom. The molecule has 1 aliphatic rings. The van der Waals surface area contributed by atoms with E-state index in [-0.39, 0.29) is 6.03 Å². The molecule has 0 unspecified atom stereocenters. The number of aryl methyl sites for hydroxylation is 1. The van der Waals surface area contributed by atoms with Crippen molar-refractivity contribution in [3.63, 3.8) is 0 Å². The summed E-state index contributed by atoms with van der Waals surface area (Å²) in [6, 6.07) is 6.34. The molecule has 0 aromatic carbocycles. The average Bonchev–Trinajstić information content (AvgIpc) is 2.92. The predicted octanol–water partition coefficient (Wildman–Crippen LogP) is 2.06. The highest BCUT2D eigenvalue weighted by Crippen LogP contribution is 2.18. The van der Waals surface area contributed by atoms with Gasteiger partial charge in [0, 0.05) is 46.5 Å². The van der Waals surface area contributed by atoms with Crippen LogP contribution < -0.4 is 15.5 Å². The molecule has 0 aliphatic carbocycles. The summed E-state index contributed by atoms with van der Waals surface area (Å²) in [4.78, 5) is 20.8. The van der Waals surface area contributed by atoms with E-state index in [9.17, 15) is 4.79 Å². The predicted molar refractivity (Wildman–Crippen MR) is 107 cm³/mol. The summed E-state index contributed by atoms with van der Waals surface area (Å²) in [6.07, 6.45) is 6.57. The van der Waals surface area contributed by atoms with Gasteiger partial charge in [-0.25, -0.2) is 9.78 Å². The van der Waals surface area contributed by atoms with Crippen LogP contribution in [0.3, 0.4) is 0 Å². The Morgan fingerprint density at radius 3 is 2.78 bits per heavy atom. The number of likely N-dealkylation sites (tertiary alicyclic amines) is 1. The highest BCUT2D eigenvalue weighted by atomic mass is 16.2. The molecule has 1 aliphatic heterocycles. The Labute approximate surface area is 160 Å². The third-order valence-electron chi connectivity index (χ3n) is 4.94. The SMILES string of the molecule is CN(C)c1ccc(N[C@@H]2CCCN(C(=O)NCc3ccnn3C)CC2)cn1. The number of hydrogen-bond acceptors (Lipinski definition) is 5. The van der Waals surface area contributed by atoms with Gasteiger partial charge < -0.3 is 20.4 Å². The van der Waals surface area contributed by atoms with Gasteiger partial charge in [0.15, 0.2) is 0 Å². The second kappa shape index (κ2) is 8.75. The van der Waals surface area contributed by atoms with Gasteiger partial charge in [0.2, 0.25) is 0 Å². The van der Waals surface area contributed by atoms with E-state index in [1.165, 1.54) is 0 Å². The van der Waals surface area contributed by atoms with Gasteiger partial charge in [-0.15, -0.1) is 0 Å². The van der Waals surface area contributed by atoms with E-state index in [1.807, 2.05) is 49.3 Å². The fourth-order valence-electron chi connectivity index (χ4n) is 3.27. The van der Waals surface area contributed by atoms with Gasteiger partial charge in [-0.1, -0.05) is 0 Å². The van der Waals surface area contributed by atoms with E-state index in [4.69, 9.17) is 0 Å². The van der Waals surface area contributed by atoms with Crippen molar-refractivity contribution in [1.29, 1.82) is 0 Å². The quantitative estimate of drug-likeness (QED) is 0.841. The zero-order chi connectivity index (χ0) is 19.2. The lowest BCUT2D eigenvalue weighted by molar-refractivity contribution is 0.199. The standard InChI is InChI=1S/C19H29N7O/c1-24(2)18-7-6-16(13-20-18)23-15-5-4-11-26(12-9-15)19(27)21-14-17-8-10-22-25(17)3/h6-8,10,13,15,23H,4-5,9,11-12,14H2,1-3H3,(H,21,27)/t15-/m1/s1. The van der Waals surface area contributed by atoms with Gasteiger partial charge in [-0.2, -0.15) is 5.10 Å². The van der Waals surface area contributed by atoms with Crippen molar-refractivity contribution >= 4 is 17.5 Å². The van der Waals surface area contributed by atoms with E-state index in [0.717, 1.165) is 49.6 Å². The van der Waals surface area contributed by atoms with Crippen LogP contribution in [0.2, 0.25) is 0 Å². The van der Waals surface area contributed by atoms with Crippen molar-refractivity contribution < 1.29 is 4.79 Å². The molecule has 3 heterocycles. The minimum Gasteiger partial charge on any atom is -0.381 e. The number of hydrogen-bond donors (Lipinski definition) is 2. The van der Waals surface area contributed by atoms with Crippen molar-refractivity contribution in [2.45, 2.75) is 31.8 Å². The highest BCUT2D eigenvalue weighted by molar-refractivity contribution is 5.74. The van der Waals surface area contributed by atoms with Crippen molar-refractivity contribution in [1.82, 2.24) is 25.0 Å². The van der Waals surface area contributed by atoms with E-state index in [1.54, 1.807) is 10.9 Å². The molecule has 1 atom stereocenters. The number of anilines is 2. The largest absolute Gasteiger partial charge is 0.381 e. The zero-order valence-electron chi connectivity index (χ0n) is 16.4. The van der Waals surface area contributed by atoms with E-state index in [0.29, 0.717) is 12.6 Å². The lowest BCUT2D eigenvalue weighted by Gasteiger charge is -2.22. The molecule has 0 saturated carbocycles. The molecule has 8 nitrogen and oxygen atoms in total. The lowest BCUT2D eigenvalue weighted by atomic mass is 10.1. The summed E-state index contributed by atoms with van der Waals surface area (Å²) in [5, 5.41) is 10.7. The number of carbonyl (C=O) groups is 1. The van der Waals surface area contributed by atoms with Crippen molar-refractivity contribution in [2.24, 2.45) is 7.05 Å². The summed E-state index contributed by atoms with van der Waals surface area (Å²) in [5.41, 5.74) is 2.02. The van der Waals surface area contributed by atoms with Crippen molar-refractivity contribution in [3.05, 3.63) is 36.3 Å².